The summed E-state index contributed by atoms with van der Waals surface area (Å²) in [7, 11) is 0. The van der Waals surface area contributed by atoms with Crippen LogP contribution in [0.15, 0.2) is 4.99 Å². The molecule has 0 fully saturated rings. The predicted molar refractivity (Wildman–Crippen MR) is 74.2 cm³/mol. The van der Waals surface area contributed by atoms with Crippen molar-refractivity contribution >= 4 is 22.8 Å². The largest absolute Gasteiger partial charge is 0.370 e. The maximum atomic E-state index is 10.6. The molecule has 5 heteroatoms. The Bertz CT molecular complexity index is 297. The fourth-order valence-corrected chi connectivity index (χ4v) is 3.14. The Hall–Kier alpha value is -0.710. The molecule has 0 radical (unpaired) electrons. The van der Waals surface area contributed by atoms with Crippen molar-refractivity contribution in [2.45, 2.75) is 45.3 Å². The van der Waals surface area contributed by atoms with Gasteiger partial charge in [-0.25, -0.2) is 0 Å². The molecule has 0 bridgehead atoms. The highest BCUT2D eigenvalue weighted by molar-refractivity contribution is 8.14. The molecule has 1 heterocycles. The molecule has 0 aromatic carbocycles. The minimum atomic E-state index is -0.238. The number of carbonyl (C=O) groups is 1. The van der Waals surface area contributed by atoms with Gasteiger partial charge < -0.3 is 11.1 Å². The first-order valence-electron chi connectivity index (χ1n) is 6.10. The van der Waals surface area contributed by atoms with Gasteiger partial charge >= 0.3 is 0 Å². The van der Waals surface area contributed by atoms with E-state index in [9.17, 15) is 4.79 Å². The Kier molecular flexibility index (Phi) is 5.31. The average Bonchev–Trinajstić information content (AvgIpc) is 2.57. The molecule has 4 nitrogen and oxygen atoms in total. The molecule has 1 rings (SSSR count). The molecule has 17 heavy (non-hydrogen) atoms. The second-order valence-electron chi connectivity index (χ2n) is 5.65. The van der Waals surface area contributed by atoms with Crippen molar-refractivity contribution in [3.8, 4) is 0 Å². The molecule has 0 aromatic rings. The minimum Gasteiger partial charge on any atom is -0.370 e. The summed E-state index contributed by atoms with van der Waals surface area (Å²) < 4.78 is 0. The number of thioether (sulfide) groups is 1. The van der Waals surface area contributed by atoms with Gasteiger partial charge in [-0.2, -0.15) is 0 Å². The summed E-state index contributed by atoms with van der Waals surface area (Å²) in [5.41, 5.74) is 5.43. The lowest BCUT2D eigenvalue weighted by Crippen LogP contribution is -2.23. The number of hydrogen-bond donors (Lipinski definition) is 2. The lowest BCUT2D eigenvalue weighted by Gasteiger charge is -2.21. The normalized spacial score (nSPS) is 20.2. The zero-order valence-corrected chi connectivity index (χ0v) is 11.8. The van der Waals surface area contributed by atoms with Crippen LogP contribution >= 0.6 is 11.8 Å². The molecule has 0 aliphatic carbocycles. The number of hydrogen-bond acceptors (Lipinski definition) is 4. The Balaban J connectivity index is 2.15. The Morgan fingerprint density at radius 1 is 1.59 bits per heavy atom. The van der Waals surface area contributed by atoms with Crippen LogP contribution in [0.1, 0.15) is 40.0 Å². The zero-order valence-electron chi connectivity index (χ0n) is 11.0. The Labute approximate surface area is 108 Å². The van der Waals surface area contributed by atoms with E-state index in [0.717, 1.165) is 24.7 Å². The van der Waals surface area contributed by atoms with E-state index in [-0.39, 0.29) is 5.91 Å². The van der Waals surface area contributed by atoms with Crippen molar-refractivity contribution in [3.63, 3.8) is 0 Å². The molecule has 98 valence electrons. The number of carbonyl (C=O) groups excluding carboxylic acids is 1. The quantitative estimate of drug-likeness (QED) is 0.737. The average molecular weight is 257 g/mol. The highest BCUT2D eigenvalue weighted by Crippen LogP contribution is 2.31. The van der Waals surface area contributed by atoms with Crippen LogP contribution in [0.4, 0.5) is 0 Å². The third-order valence-electron chi connectivity index (χ3n) is 2.43. The van der Waals surface area contributed by atoms with Gasteiger partial charge in [0.25, 0.3) is 0 Å². The van der Waals surface area contributed by atoms with E-state index >= 15 is 0 Å². The van der Waals surface area contributed by atoms with Gasteiger partial charge in [0.15, 0.2) is 5.17 Å². The van der Waals surface area contributed by atoms with Gasteiger partial charge in [0.05, 0.1) is 6.54 Å². The van der Waals surface area contributed by atoms with Crippen molar-refractivity contribution in [1.82, 2.24) is 5.32 Å². The third-order valence-corrected chi connectivity index (χ3v) is 3.58. The number of amidine groups is 1. The van der Waals surface area contributed by atoms with Crippen LogP contribution in [0.25, 0.3) is 0 Å². The molecular weight excluding hydrogens is 234 g/mol. The maximum absolute atomic E-state index is 10.6. The molecule has 1 aliphatic heterocycles. The smallest absolute Gasteiger partial charge is 0.217 e. The number of rotatable bonds is 5. The second kappa shape index (κ2) is 6.28. The minimum absolute atomic E-state index is 0.238. The van der Waals surface area contributed by atoms with Crippen molar-refractivity contribution in [2.24, 2.45) is 16.1 Å². The summed E-state index contributed by atoms with van der Waals surface area (Å²) in [6.07, 6.45) is 2.39. The van der Waals surface area contributed by atoms with E-state index in [1.54, 1.807) is 0 Å². The van der Waals surface area contributed by atoms with Crippen molar-refractivity contribution in [1.29, 1.82) is 0 Å². The number of nitrogens with one attached hydrogen (secondary N) is 1. The van der Waals surface area contributed by atoms with Crippen molar-refractivity contribution in [2.75, 3.05) is 13.1 Å². The van der Waals surface area contributed by atoms with Gasteiger partial charge in [-0.15, -0.1) is 0 Å². The first-order valence-corrected chi connectivity index (χ1v) is 6.98. The molecule has 0 spiro atoms. The molecular formula is C12H23N3OS. The lowest BCUT2D eigenvalue weighted by molar-refractivity contribution is -0.118. The van der Waals surface area contributed by atoms with E-state index in [2.05, 4.69) is 31.1 Å². The first-order chi connectivity index (χ1) is 7.87. The van der Waals surface area contributed by atoms with Crippen LogP contribution in [-0.2, 0) is 4.79 Å². The van der Waals surface area contributed by atoms with Gasteiger partial charge in [-0.05, 0) is 18.3 Å². The fraction of sp³-hybridized carbons (Fsp3) is 0.833. The van der Waals surface area contributed by atoms with Crippen LogP contribution in [0.5, 0.6) is 0 Å². The summed E-state index contributed by atoms with van der Waals surface area (Å²) >= 11 is 1.82. The van der Waals surface area contributed by atoms with E-state index < -0.39 is 0 Å². The number of nitrogens with zero attached hydrogens (tertiary/aromatic N) is 1. The van der Waals surface area contributed by atoms with Crippen LogP contribution in [0.3, 0.4) is 0 Å². The summed E-state index contributed by atoms with van der Waals surface area (Å²) in [5.74, 6) is -0.238. The van der Waals surface area contributed by atoms with Crippen LogP contribution in [-0.4, -0.2) is 29.4 Å². The van der Waals surface area contributed by atoms with Crippen molar-refractivity contribution in [3.05, 3.63) is 0 Å². The first kappa shape index (κ1) is 14.4. The standard InChI is InChI=1S/C12H23N3OS/c1-12(2,3)7-9-8-15-11(17-9)14-6-4-5-10(13)16/h9H,4-8H2,1-3H3,(H2,13,16)(H,14,15). The maximum Gasteiger partial charge on any atom is 0.217 e. The number of amides is 1. The van der Waals surface area contributed by atoms with Gasteiger partial charge in [-0.1, -0.05) is 32.5 Å². The van der Waals surface area contributed by atoms with Gasteiger partial charge in [-0.3, -0.25) is 9.79 Å². The fourth-order valence-electron chi connectivity index (χ4n) is 1.76. The number of nitrogens with two attached hydrogens (primary N) is 1. The summed E-state index contributed by atoms with van der Waals surface area (Å²) in [5, 5.41) is 4.87. The van der Waals surface area contributed by atoms with Gasteiger partial charge in [0.1, 0.15) is 0 Å². The van der Waals surface area contributed by atoms with Crippen LogP contribution in [0, 0.1) is 5.41 Å². The van der Waals surface area contributed by atoms with E-state index in [1.807, 2.05) is 11.8 Å². The molecule has 1 atom stereocenters. The molecule has 0 saturated carbocycles. The molecule has 1 aliphatic rings. The Morgan fingerprint density at radius 2 is 2.29 bits per heavy atom. The van der Waals surface area contributed by atoms with Crippen molar-refractivity contribution < 1.29 is 4.79 Å². The molecule has 0 saturated heterocycles. The molecule has 0 aromatic heterocycles. The zero-order chi connectivity index (χ0) is 12.9. The lowest BCUT2D eigenvalue weighted by atomic mass is 9.90. The monoisotopic (exact) mass is 257 g/mol. The Morgan fingerprint density at radius 3 is 2.88 bits per heavy atom. The second-order valence-corrected chi connectivity index (χ2v) is 6.94. The molecule has 1 unspecified atom stereocenters. The van der Waals surface area contributed by atoms with Gasteiger partial charge in [0.2, 0.25) is 5.91 Å². The number of primary amides is 1. The number of aliphatic imine (C=N–C) groups is 1. The van der Waals surface area contributed by atoms with Crippen LogP contribution < -0.4 is 11.1 Å². The van der Waals surface area contributed by atoms with Gasteiger partial charge in [0, 0.05) is 18.2 Å². The van der Waals surface area contributed by atoms with E-state index in [0.29, 0.717) is 17.1 Å². The summed E-state index contributed by atoms with van der Waals surface area (Å²) in [6.45, 7) is 8.45. The molecule has 3 N–H and O–H groups in total. The van der Waals surface area contributed by atoms with E-state index in [4.69, 9.17) is 5.73 Å². The highest BCUT2D eigenvalue weighted by atomic mass is 32.2. The summed E-state index contributed by atoms with van der Waals surface area (Å²) in [6, 6.07) is 0. The highest BCUT2D eigenvalue weighted by Gasteiger charge is 2.24. The van der Waals surface area contributed by atoms with E-state index in [1.165, 1.54) is 6.42 Å². The van der Waals surface area contributed by atoms with Crippen LogP contribution in [0.2, 0.25) is 0 Å². The molecule has 1 amide bonds. The SMILES string of the molecule is CC(C)(C)CC1CN=C(NCCCC(N)=O)S1. The third kappa shape index (κ3) is 6.56. The predicted octanol–water partition coefficient (Wildman–Crippen LogP) is 1.75. The summed E-state index contributed by atoms with van der Waals surface area (Å²) in [4.78, 5) is 15.0. The topological polar surface area (TPSA) is 67.5 Å².